The van der Waals surface area contributed by atoms with E-state index in [9.17, 15) is 4.79 Å². The Morgan fingerprint density at radius 2 is 2.30 bits per heavy atom. The van der Waals surface area contributed by atoms with Crippen LogP contribution in [0.25, 0.3) is 0 Å². The molecule has 1 amide bonds. The molecular weight excluding hydrogens is 272 g/mol. The molecule has 0 aliphatic heterocycles. The largest absolute Gasteiger partial charge is 0.480 e. The smallest absolute Gasteiger partial charge is 0.259 e. The highest BCUT2D eigenvalue weighted by Crippen LogP contribution is 2.31. The molecule has 1 saturated carbocycles. The summed E-state index contributed by atoms with van der Waals surface area (Å²) in [7, 11) is 1.54. The minimum Gasteiger partial charge on any atom is -0.480 e. The van der Waals surface area contributed by atoms with Crippen LogP contribution in [0.4, 0.5) is 0 Å². The molecule has 0 N–H and O–H groups in total. The van der Waals surface area contributed by atoms with Gasteiger partial charge in [-0.25, -0.2) is 4.98 Å². The first kappa shape index (κ1) is 13.1. The number of aromatic nitrogens is 1. The predicted molar refractivity (Wildman–Crippen MR) is 78.0 cm³/mol. The third-order valence-corrected chi connectivity index (χ3v) is 4.21. The summed E-state index contributed by atoms with van der Waals surface area (Å²) < 4.78 is 5.20. The molecule has 5 heteroatoms. The maximum atomic E-state index is 12.7. The summed E-state index contributed by atoms with van der Waals surface area (Å²) >= 11 is 1.68. The average Bonchev–Trinajstić information content (AvgIpc) is 3.20. The number of amides is 1. The number of thiophene rings is 1. The Kier molecular flexibility index (Phi) is 3.69. The van der Waals surface area contributed by atoms with Gasteiger partial charge in [-0.15, -0.1) is 11.3 Å². The van der Waals surface area contributed by atoms with E-state index in [1.54, 1.807) is 36.8 Å². The molecule has 0 radical (unpaired) electrons. The fourth-order valence-electron chi connectivity index (χ4n) is 2.19. The highest BCUT2D eigenvalue weighted by Gasteiger charge is 2.34. The van der Waals surface area contributed by atoms with E-state index in [1.165, 1.54) is 4.88 Å². The van der Waals surface area contributed by atoms with Crippen LogP contribution in [0.5, 0.6) is 5.88 Å². The van der Waals surface area contributed by atoms with E-state index in [1.807, 2.05) is 16.3 Å². The summed E-state index contributed by atoms with van der Waals surface area (Å²) in [5.41, 5.74) is 0.540. The van der Waals surface area contributed by atoms with Gasteiger partial charge in [0, 0.05) is 17.1 Å². The Labute approximate surface area is 122 Å². The van der Waals surface area contributed by atoms with Crippen molar-refractivity contribution in [3.8, 4) is 5.88 Å². The van der Waals surface area contributed by atoms with Crippen molar-refractivity contribution in [3.05, 3.63) is 46.3 Å². The van der Waals surface area contributed by atoms with E-state index in [4.69, 9.17) is 4.74 Å². The summed E-state index contributed by atoms with van der Waals surface area (Å²) in [6, 6.07) is 7.98. The molecule has 2 aromatic heterocycles. The highest BCUT2D eigenvalue weighted by atomic mass is 32.1. The monoisotopic (exact) mass is 288 g/mol. The minimum atomic E-state index is 0.00542. The molecule has 20 heavy (non-hydrogen) atoms. The molecule has 2 heterocycles. The van der Waals surface area contributed by atoms with Crippen LogP contribution in [0.3, 0.4) is 0 Å². The van der Waals surface area contributed by atoms with Gasteiger partial charge in [0.1, 0.15) is 5.56 Å². The van der Waals surface area contributed by atoms with Crippen molar-refractivity contribution >= 4 is 17.2 Å². The summed E-state index contributed by atoms with van der Waals surface area (Å²) in [5.74, 6) is 0.403. The number of carbonyl (C=O) groups excluding carboxylic acids is 1. The SMILES string of the molecule is COc1ncccc1C(=O)N(Cc1cccs1)C1CC1. The van der Waals surface area contributed by atoms with Crippen LogP contribution in [-0.2, 0) is 6.54 Å². The Morgan fingerprint density at radius 3 is 2.95 bits per heavy atom. The van der Waals surface area contributed by atoms with E-state index in [0.29, 0.717) is 24.0 Å². The second-order valence-electron chi connectivity index (χ2n) is 4.80. The first-order valence-electron chi connectivity index (χ1n) is 6.62. The minimum absolute atomic E-state index is 0.00542. The van der Waals surface area contributed by atoms with E-state index in [-0.39, 0.29) is 5.91 Å². The molecule has 1 aliphatic rings. The molecule has 1 aliphatic carbocycles. The predicted octanol–water partition coefficient (Wildman–Crippen LogP) is 2.96. The van der Waals surface area contributed by atoms with Gasteiger partial charge in [0.15, 0.2) is 0 Å². The van der Waals surface area contributed by atoms with Crippen LogP contribution in [-0.4, -0.2) is 28.9 Å². The molecular formula is C15H16N2O2S. The topological polar surface area (TPSA) is 42.4 Å². The van der Waals surface area contributed by atoms with Crippen molar-refractivity contribution in [2.24, 2.45) is 0 Å². The van der Waals surface area contributed by atoms with Crippen molar-refractivity contribution in [2.75, 3.05) is 7.11 Å². The number of carbonyl (C=O) groups is 1. The van der Waals surface area contributed by atoms with Crippen LogP contribution in [0.15, 0.2) is 35.8 Å². The number of hydrogen-bond donors (Lipinski definition) is 0. The second-order valence-corrected chi connectivity index (χ2v) is 5.84. The molecule has 1 fully saturated rings. The van der Waals surface area contributed by atoms with Gasteiger partial charge in [0.2, 0.25) is 5.88 Å². The zero-order valence-electron chi connectivity index (χ0n) is 11.3. The van der Waals surface area contributed by atoms with E-state index in [0.717, 1.165) is 12.8 Å². The number of hydrogen-bond acceptors (Lipinski definition) is 4. The molecule has 0 saturated heterocycles. The molecule has 104 valence electrons. The van der Waals surface area contributed by atoms with Crippen molar-refractivity contribution < 1.29 is 9.53 Å². The lowest BCUT2D eigenvalue weighted by Gasteiger charge is -2.22. The van der Waals surface area contributed by atoms with Gasteiger partial charge >= 0.3 is 0 Å². The van der Waals surface area contributed by atoms with Gasteiger partial charge < -0.3 is 9.64 Å². The molecule has 4 nitrogen and oxygen atoms in total. The van der Waals surface area contributed by atoms with Crippen LogP contribution in [0.2, 0.25) is 0 Å². The van der Waals surface area contributed by atoms with E-state index in [2.05, 4.69) is 11.1 Å². The number of rotatable bonds is 5. The summed E-state index contributed by atoms with van der Waals surface area (Å²) in [6.45, 7) is 0.666. The summed E-state index contributed by atoms with van der Waals surface area (Å²) in [6.07, 6.45) is 3.80. The summed E-state index contributed by atoms with van der Waals surface area (Å²) in [4.78, 5) is 20.0. The van der Waals surface area contributed by atoms with Gasteiger partial charge in [-0.1, -0.05) is 6.07 Å². The number of ether oxygens (including phenoxy) is 1. The molecule has 0 unspecified atom stereocenters. The lowest BCUT2D eigenvalue weighted by atomic mass is 10.2. The zero-order chi connectivity index (χ0) is 13.9. The second kappa shape index (κ2) is 5.63. The van der Waals surface area contributed by atoms with E-state index >= 15 is 0 Å². The highest BCUT2D eigenvalue weighted by molar-refractivity contribution is 7.09. The molecule has 3 rings (SSSR count). The third kappa shape index (κ3) is 2.67. The average molecular weight is 288 g/mol. The maximum Gasteiger partial charge on any atom is 0.259 e. The molecule has 2 aromatic rings. The normalized spacial score (nSPS) is 14.1. The van der Waals surface area contributed by atoms with Crippen molar-refractivity contribution in [1.82, 2.24) is 9.88 Å². The zero-order valence-corrected chi connectivity index (χ0v) is 12.1. The maximum absolute atomic E-state index is 12.7. The van der Waals surface area contributed by atoms with Crippen LogP contribution >= 0.6 is 11.3 Å². The molecule has 0 spiro atoms. The Morgan fingerprint density at radius 1 is 1.45 bits per heavy atom. The Hall–Kier alpha value is -1.88. The first-order valence-corrected chi connectivity index (χ1v) is 7.50. The fourth-order valence-corrected chi connectivity index (χ4v) is 2.90. The van der Waals surface area contributed by atoms with Crippen molar-refractivity contribution in [1.29, 1.82) is 0 Å². The van der Waals surface area contributed by atoms with E-state index < -0.39 is 0 Å². The molecule has 0 bridgehead atoms. The van der Waals surface area contributed by atoms with Crippen molar-refractivity contribution in [3.63, 3.8) is 0 Å². The number of methoxy groups -OCH3 is 1. The fraction of sp³-hybridized carbons (Fsp3) is 0.333. The Balaban J connectivity index is 1.85. The number of nitrogens with zero attached hydrogens (tertiary/aromatic N) is 2. The summed E-state index contributed by atoms with van der Waals surface area (Å²) in [5, 5.41) is 2.04. The third-order valence-electron chi connectivity index (χ3n) is 3.35. The van der Waals surface area contributed by atoms with Gasteiger partial charge in [-0.3, -0.25) is 4.79 Å². The lowest BCUT2D eigenvalue weighted by Crippen LogP contribution is -2.32. The van der Waals surface area contributed by atoms with Crippen LogP contribution < -0.4 is 4.74 Å². The van der Waals surface area contributed by atoms with Gasteiger partial charge in [0.25, 0.3) is 5.91 Å². The van der Waals surface area contributed by atoms with Crippen molar-refractivity contribution in [2.45, 2.75) is 25.4 Å². The van der Waals surface area contributed by atoms with Gasteiger partial charge in [-0.2, -0.15) is 0 Å². The van der Waals surface area contributed by atoms with Gasteiger partial charge in [0.05, 0.1) is 13.7 Å². The quantitative estimate of drug-likeness (QED) is 0.849. The van der Waals surface area contributed by atoms with Crippen LogP contribution in [0.1, 0.15) is 28.1 Å². The van der Waals surface area contributed by atoms with Crippen LogP contribution in [0, 0.1) is 0 Å². The first-order chi connectivity index (χ1) is 9.79. The number of pyridine rings is 1. The standard InChI is InChI=1S/C15H16N2O2S/c1-19-14-13(5-2-8-16-14)15(18)17(11-6-7-11)10-12-4-3-9-20-12/h2-5,8-9,11H,6-7,10H2,1H3. The lowest BCUT2D eigenvalue weighted by molar-refractivity contribution is 0.0727. The Bertz CT molecular complexity index is 594. The molecule has 0 atom stereocenters. The van der Waals surface area contributed by atoms with Gasteiger partial charge in [-0.05, 0) is 36.4 Å². The molecule has 0 aromatic carbocycles.